The third-order valence-corrected chi connectivity index (χ3v) is 3.72. The van der Waals surface area contributed by atoms with Crippen LogP contribution in [0.15, 0.2) is 28.7 Å². The topological polar surface area (TPSA) is 58.4 Å². The molecule has 0 aliphatic carbocycles. The second-order valence-electron chi connectivity index (χ2n) is 4.50. The number of hydrogen-bond acceptors (Lipinski definition) is 3. The van der Waals surface area contributed by atoms with Gasteiger partial charge in [0.1, 0.15) is 6.04 Å². The molecular formula is C13H19BrClN3O. The molecule has 1 fully saturated rings. The lowest BCUT2D eigenvalue weighted by Gasteiger charge is -2.28. The van der Waals surface area contributed by atoms with E-state index in [0.717, 1.165) is 42.6 Å². The molecule has 1 amide bonds. The molecule has 1 unspecified atom stereocenters. The Morgan fingerprint density at radius 2 is 1.95 bits per heavy atom. The summed E-state index contributed by atoms with van der Waals surface area (Å²) in [5.74, 6) is -0.278. The summed E-state index contributed by atoms with van der Waals surface area (Å²) in [7, 11) is 0. The van der Waals surface area contributed by atoms with Gasteiger partial charge < -0.3 is 11.1 Å². The van der Waals surface area contributed by atoms with E-state index in [1.54, 1.807) is 0 Å². The first kappa shape index (κ1) is 16.4. The lowest BCUT2D eigenvalue weighted by Crippen LogP contribution is -2.39. The summed E-state index contributed by atoms with van der Waals surface area (Å²) in [6.45, 7) is 3.66. The molecule has 1 heterocycles. The Kier molecular flexibility index (Phi) is 6.79. The number of amides is 1. The Morgan fingerprint density at radius 3 is 2.58 bits per heavy atom. The van der Waals surface area contributed by atoms with Crippen molar-refractivity contribution in [1.29, 1.82) is 0 Å². The van der Waals surface area contributed by atoms with Crippen molar-refractivity contribution in [2.75, 3.05) is 26.2 Å². The fourth-order valence-electron chi connectivity index (χ4n) is 2.32. The van der Waals surface area contributed by atoms with E-state index >= 15 is 0 Å². The van der Waals surface area contributed by atoms with Crippen molar-refractivity contribution in [3.05, 3.63) is 34.3 Å². The fourth-order valence-corrected chi connectivity index (χ4v) is 2.59. The fraction of sp³-hybridized carbons (Fsp3) is 0.462. The second-order valence-corrected chi connectivity index (χ2v) is 5.41. The van der Waals surface area contributed by atoms with Crippen LogP contribution in [0.1, 0.15) is 18.0 Å². The minimum Gasteiger partial charge on any atom is -0.368 e. The average Bonchev–Trinajstić information content (AvgIpc) is 2.60. The van der Waals surface area contributed by atoms with Crippen molar-refractivity contribution in [3.8, 4) is 0 Å². The maximum absolute atomic E-state index is 11.7. The minimum atomic E-state index is -0.321. The Morgan fingerprint density at radius 1 is 1.26 bits per heavy atom. The number of nitrogens with one attached hydrogen (secondary N) is 1. The SMILES string of the molecule is Cl.NC(=O)C(c1ccc(Br)cc1)N1CCCNCC1. The summed E-state index contributed by atoms with van der Waals surface area (Å²) in [5.41, 5.74) is 6.54. The molecule has 3 N–H and O–H groups in total. The van der Waals surface area contributed by atoms with E-state index < -0.39 is 0 Å². The lowest BCUT2D eigenvalue weighted by molar-refractivity contribution is -0.123. The van der Waals surface area contributed by atoms with E-state index in [1.165, 1.54) is 0 Å². The normalized spacial score (nSPS) is 18.2. The van der Waals surface area contributed by atoms with E-state index in [0.29, 0.717) is 0 Å². The molecule has 0 radical (unpaired) electrons. The molecule has 1 aliphatic heterocycles. The van der Waals surface area contributed by atoms with Crippen LogP contribution in [0.2, 0.25) is 0 Å². The molecule has 2 rings (SSSR count). The summed E-state index contributed by atoms with van der Waals surface area (Å²) in [4.78, 5) is 13.9. The predicted molar refractivity (Wildman–Crippen MR) is 82.4 cm³/mol. The van der Waals surface area contributed by atoms with Crippen LogP contribution < -0.4 is 11.1 Å². The van der Waals surface area contributed by atoms with Gasteiger partial charge >= 0.3 is 0 Å². The second kappa shape index (κ2) is 7.85. The zero-order chi connectivity index (χ0) is 13.0. The zero-order valence-electron chi connectivity index (χ0n) is 10.6. The molecular weight excluding hydrogens is 330 g/mol. The van der Waals surface area contributed by atoms with E-state index in [1.807, 2.05) is 24.3 Å². The molecule has 6 heteroatoms. The van der Waals surface area contributed by atoms with Crippen molar-refractivity contribution in [2.45, 2.75) is 12.5 Å². The molecule has 0 bridgehead atoms. The van der Waals surface area contributed by atoms with Crippen LogP contribution in [0.4, 0.5) is 0 Å². The van der Waals surface area contributed by atoms with Gasteiger partial charge in [0.25, 0.3) is 0 Å². The number of halogens is 2. The molecule has 0 aromatic heterocycles. The van der Waals surface area contributed by atoms with Gasteiger partial charge in [-0.2, -0.15) is 0 Å². The van der Waals surface area contributed by atoms with Gasteiger partial charge in [-0.05, 0) is 30.7 Å². The highest BCUT2D eigenvalue weighted by molar-refractivity contribution is 9.10. The van der Waals surface area contributed by atoms with Crippen LogP contribution in [0.25, 0.3) is 0 Å². The summed E-state index contributed by atoms with van der Waals surface area (Å²) < 4.78 is 1.01. The van der Waals surface area contributed by atoms with Crippen molar-refractivity contribution in [1.82, 2.24) is 10.2 Å². The highest BCUT2D eigenvalue weighted by Gasteiger charge is 2.25. The smallest absolute Gasteiger partial charge is 0.239 e. The molecule has 0 spiro atoms. The summed E-state index contributed by atoms with van der Waals surface area (Å²) in [6, 6.07) is 7.48. The highest BCUT2D eigenvalue weighted by atomic mass is 79.9. The van der Waals surface area contributed by atoms with Gasteiger partial charge in [-0.1, -0.05) is 28.1 Å². The third-order valence-electron chi connectivity index (χ3n) is 3.20. The number of primary amides is 1. The first-order valence-corrected chi connectivity index (χ1v) is 6.97. The molecule has 1 aliphatic rings. The summed E-state index contributed by atoms with van der Waals surface area (Å²) in [5, 5.41) is 3.33. The molecule has 1 aromatic rings. The quantitative estimate of drug-likeness (QED) is 0.874. The van der Waals surface area contributed by atoms with Crippen molar-refractivity contribution < 1.29 is 4.79 Å². The monoisotopic (exact) mass is 347 g/mol. The molecule has 4 nitrogen and oxygen atoms in total. The molecule has 19 heavy (non-hydrogen) atoms. The number of rotatable bonds is 3. The highest BCUT2D eigenvalue weighted by Crippen LogP contribution is 2.23. The van der Waals surface area contributed by atoms with Gasteiger partial charge in [-0.25, -0.2) is 0 Å². The molecule has 0 saturated carbocycles. The zero-order valence-corrected chi connectivity index (χ0v) is 13.0. The first-order valence-electron chi connectivity index (χ1n) is 6.18. The van der Waals surface area contributed by atoms with Crippen LogP contribution >= 0.6 is 28.3 Å². The standard InChI is InChI=1S/C13H18BrN3O.ClH/c14-11-4-2-10(3-5-11)12(13(15)18)17-8-1-6-16-7-9-17;/h2-5,12,16H,1,6-9H2,(H2,15,18);1H. The number of nitrogens with zero attached hydrogens (tertiary/aromatic N) is 1. The third kappa shape index (κ3) is 4.45. The Bertz CT molecular complexity index is 405. The number of carbonyl (C=O) groups excluding carboxylic acids is 1. The average molecular weight is 349 g/mol. The van der Waals surface area contributed by atoms with E-state index in [4.69, 9.17) is 5.73 Å². The minimum absolute atomic E-state index is 0. The van der Waals surface area contributed by atoms with E-state index in [9.17, 15) is 4.79 Å². The van der Waals surface area contributed by atoms with Gasteiger partial charge in [0.15, 0.2) is 0 Å². The number of nitrogens with two attached hydrogens (primary N) is 1. The van der Waals surface area contributed by atoms with Crippen LogP contribution in [0, 0.1) is 0 Å². The van der Waals surface area contributed by atoms with Crippen LogP contribution in [-0.4, -0.2) is 37.0 Å². The van der Waals surface area contributed by atoms with Gasteiger partial charge in [0, 0.05) is 24.1 Å². The van der Waals surface area contributed by atoms with E-state index in [-0.39, 0.29) is 24.4 Å². The van der Waals surface area contributed by atoms with Crippen LogP contribution in [0.5, 0.6) is 0 Å². The summed E-state index contributed by atoms with van der Waals surface area (Å²) >= 11 is 3.40. The van der Waals surface area contributed by atoms with Gasteiger partial charge in [-0.15, -0.1) is 12.4 Å². The Balaban J connectivity index is 0.00000180. The van der Waals surface area contributed by atoms with Crippen LogP contribution in [0.3, 0.4) is 0 Å². The largest absolute Gasteiger partial charge is 0.368 e. The number of hydrogen-bond donors (Lipinski definition) is 2. The van der Waals surface area contributed by atoms with Crippen molar-refractivity contribution in [2.24, 2.45) is 5.73 Å². The van der Waals surface area contributed by atoms with Gasteiger partial charge in [0.2, 0.25) is 5.91 Å². The Labute approximate surface area is 128 Å². The Hall–Kier alpha value is -0.620. The maximum atomic E-state index is 11.7. The molecule has 106 valence electrons. The van der Waals surface area contributed by atoms with Crippen molar-refractivity contribution in [3.63, 3.8) is 0 Å². The summed E-state index contributed by atoms with van der Waals surface area (Å²) in [6.07, 6.45) is 1.04. The lowest BCUT2D eigenvalue weighted by atomic mass is 10.0. The molecule has 1 atom stereocenters. The molecule has 1 saturated heterocycles. The first-order chi connectivity index (χ1) is 8.68. The number of carbonyl (C=O) groups is 1. The van der Waals surface area contributed by atoms with Gasteiger partial charge in [-0.3, -0.25) is 9.69 Å². The van der Waals surface area contributed by atoms with E-state index in [2.05, 4.69) is 26.1 Å². The van der Waals surface area contributed by atoms with Crippen molar-refractivity contribution >= 4 is 34.2 Å². The number of benzene rings is 1. The molecule has 1 aromatic carbocycles. The maximum Gasteiger partial charge on any atom is 0.239 e. The predicted octanol–water partition coefficient (Wildman–Crippen LogP) is 1.69. The van der Waals surface area contributed by atoms with Gasteiger partial charge in [0.05, 0.1) is 0 Å². The van der Waals surface area contributed by atoms with Crippen LogP contribution in [-0.2, 0) is 4.79 Å².